The molecule has 3 rings (SSSR count). The van der Waals surface area contributed by atoms with E-state index in [1.165, 1.54) is 6.07 Å². The first-order valence-corrected chi connectivity index (χ1v) is 9.54. The minimum Gasteiger partial charge on any atom is -0.462 e. The number of ether oxygens (including phenoxy) is 1. The molecule has 0 unspecified atom stereocenters. The Hall–Kier alpha value is -3.41. The first-order valence-electron chi connectivity index (χ1n) is 9.54. The molecule has 6 heteroatoms. The van der Waals surface area contributed by atoms with Crippen LogP contribution in [-0.2, 0) is 4.74 Å². The summed E-state index contributed by atoms with van der Waals surface area (Å²) in [6, 6.07) is 15.8. The summed E-state index contributed by atoms with van der Waals surface area (Å²) in [5.74, 6) is -0.518. The van der Waals surface area contributed by atoms with Crippen LogP contribution in [0.2, 0.25) is 0 Å². The summed E-state index contributed by atoms with van der Waals surface area (Å²) in [7, 11) is 0. The normalized spacial score (nSPS) is 10.9. The molecule has 1 aromatic heterocycles. The van der Waals surface area contributed by atoms with E-state index in [4.69, 9.17) is 9.15 Å². The molecule has 0 fully saturated rings. The van der Waals surface area contributed by atoms with Crippen LogP contribution in [0.25, 0.3) is 11.0 Å². The number of hydrogen-bond acceptors (Lipinski definition) is 5. The Balaban J connectivity index is 1.47. The number of rotatable bonds is 7. The number of amides is 1. The van der Waals surface area contributed by atoms with Crippen LogP contribution >= 0.6 is 0 Å². The van der Waals surface area contributed by atoms with Gasteiger partial charge in [-0.05, 0) is 42.2 Å². The van der Waals surface area contributed by atoms with Crippen molar-refractivity contribution in [3.05, 3.63) is 81.7 Å². The third-order valence-electron chi connectivity index (χ3n) is 4.54. The van der Waals surface area contributed by atoms with Crippen molar-refractivity contribution in [2.45, 2.75) is 26.2 Å². The average molecular weight is 393 g/mol. The second kappa shape index (κ2) is 9.19. The zero-order valence-electron chi connectivity index (χ0n) is 16.4. The maximum atomic E-state index is 12.2. The lowest BCUT2D eigenvalue weighted by molar-refractivity contribution is 0.0501. The molecular formula is C23H23NO5. The van der Waals surface area contributed by atoms with E-state index in [0.29, 0.717) is 28.9 Å². The first kappa shape index (κ1) is 20.3. The highest BCUT2D eigenvalue weighted by molar-refractivity contribution is 5.96. The zero-order valence-corrected chi connectivity index (χ0v) is 16.4. The number of benzene rings is 2. The molecule has 0 spiro atoms. The smallest absolute Gasteiger partial charge is 0.349 e. The van der Waals surface area contributed by atoms with Gasteiger partial charge in [0.2, 0.25) is 0 Å². The van der Waals surface area contributed by atoms with Crippen molar-refractivity contribution in [1.82, 2.24) is 5.32 Å². The number of nitrogens with one attached hydrogen (secondary N) is 1. The highest BCUT2D eigenvalue weighted by atomic mass is 16.5. The molecule has 0 aliphatic heterocycles. The standard InChI is InChI=1S/C23H23NO5/c1-15(2)16-8-10-17(11-9-16)22(26)28-13-5-12-24-21(25)19-14-18-6-3-4-7-20(18)29-23(19)27/h3-4,6-11,14-15H,5,12-13H2,1-2H3,(H,24,25). The molecule has 2 aromatic carbocycles. The highest BCUT2D eigenvalue weighted by Crippen LogP contribution is 2.15. The summed E-state index contributed by atoms with van der Waals surface area (Å²) in [6.07, 6.45) is 0.431. The van der Waals surface area contributed by atoms with E-state index in [-0.39, 0.29) is 18.7 Å². The summed E-state index contributed by atoms with van der Waals surface area (Å²) < 4.78 is 10.4. The summed E-state index contributed by atoms with van der Waals surface area (Å²) in [5.41, 5.74) is 1.35. The minimum atomic E-state index is -0.683. The van der Waals surface area contributed by atoms with E-state index in [0.717, 1.165) is 5.56 Å². The largest absolute Gasteiger partial charge is 0.462 e. The first-order chi connectivity index (χ1) is 14.0. The molecule has 0 aliphatic rings. The van der Waals surface area contributed by atoms with Gasteiger partial charge in [0.15, 0.2) is 0 Å². The predicted octanol–water partition coefficient (Wildman–Crippen LogP) is 3.89. The lowest BCUT2D eigenvalue weighted by atomic mass is 10.0. The number of hydrogen-bond donors (Lipinski definition) is 1. The molecule has 0 atom stereocenters. The number of carbonyl (C=O) groups excluding carboxylic acids is 2. The van der Waals surface area contributed by atoms with E-state index in [1.54, 1.807) is 36.4 Å². The van der Waals surface area contributed by atoms with Gasteiger partial charge in [0.25, 0.3) is 5.91 Å². The van der Waals surface area contributed by atoms with Gasteiger partial charge in [0.05, 0.1) is 12.2 Å². The molecule has 0 saturated heterocycles. The van der Waals surface area contributed by atoms with Crippen molar-refractivity contribution in [2.75, 3.05) is 13.2 Å². The van der Waals surface area contributed by atoms with Gasteiger partial charge in [-0.2, -0.15) is 0 Å². The van der Waals surface area contributed by atoms with Crippen molar-refractivity contribution in [1.29, 1.82) is 0 Å². The highest BCUT2D eigenvalue weighted by Gasteiger charge is 2.13. The van der Waals surface area contributed by atoms with Crippen LogP contribution in [0, 0.1) is 0 Å². The van der Waals surface area contributed by atoms with Gasteiger partial charge in [0.1, 0.15) is 11.1 Å². The molecule has 1 amide bonds. The Bertz CT molecular complexity index is 1070. The van der Waals surface area contributed by atoms with Crippen LogP contribution in [0.5, 0.6) is 0 Å². The summed E-state index contributed by atoms with van der Waals surface area (Å²) >= 11 is 0. The molecule has 0 bridgehead atoms. The Labute approximate surface area is 168 Å². The van der Waals surface area contributed by atoms with Gasteiger partial charge in [-0.1, -0.05) is 44.2 Å². The van der Waals surface area contributed by atoms with E-state index in [9.17, 15) is 14.4 Å². The van der Waals surface area contributed by atoms with E-state index in [2.05, 4.69) is 19.2 Å². The SMILES string of the molecule is CC(C)c1ccc(C(=O)OCCCNC(=O)c2cc3ccccc3oc2=O)cc1. The zero-order chi connectivity index (χ0) is 20.8. The maximum Gasteiger partial charge on any atom is 0.349 e. The van der Waals surface area contributed by atoms with Crippen molar-refractivity contribution < 1.29 is 18.7 Å². The second-order valence-corrected chi connectivity index (χ2v) is 7.01. The minimum absolute atomic E-state index is 0.0501. The van der Waals surface area contributed by atoms with Crippen molar-refractivity contribution in [3.63, 3.8) is 0 Å². The second-order valence-electron chi connectivity index (χ2n) is 7.01. The Morgan fingerprint density at radius 2 is 1.79 bits per heavy atom. The summed E-state index contributed by atoms with van der Waals surface area (Å²) in [4.78, 5) is 36.3. The fourth-order valence-corrected chi connectivity index (χ4v) is 2.84. The molecule has 6 nitrogen and oxygen atoms in total. The van der Waals surface area contributed by atoms with Crippen LogP contribution in [0.3, 0.4) is 0 Å². The van der Waals surface area contributed by atoms with Crippen LogP contribution in [0.15, 0.2) is 63.8 Å². The molecule has 0 radical (unpaired) electrons. The van der Waals surface area contributed by atoms with Crippen LogP contribution in [0.4, 0.5) is 0 Å². The van der Waals surface area contributed by atoms with Crippen LogP contribution in [0.1, 0.15) is 52.5 Å². The molecule has 0 saturated carbocycles. The van der Waals surface area contributed by atoms with E-state index < -0.39 is 17.5 Å². The summed E-state index contributed by atoms with van der Waals surface area (Å²) in [5, 5.41) is 3.32. The van der Waals surface area contributed by atoms with Crippen LogP contribution in [-0.4, -0.2) is 25.0 Å². The molecular weight excluding hydrogens is 370 g/mol. The van der Waals surface area contributed by atoms with Crippen molar-refractivity contribution in [2.24, 2.45) is 0 Å². The van der Waals surface area contributed by atoms with Gasteiger partial charge >= 0.3 is 11.6 Å². The monoisotopic (exact) mass is 393 g/mol. The average Bonchev–Trinajstić information content (AvgIpc) is 2.72. The van der Waals surface area contributed by atoms with Crippen LogP contribution < -0.4 is 10.9 Å². The number of carbonyl (C=O) groups is 2. The van der Waals surface area contributed by atoms with Crippen molar-refractivity contribution in [3.8, 4) is 0 Å². The van der Waals surface area contributed by atoms with Gasteiger partial charge < -0.3 is 14.5 Å². The molecule has 0 aliphatic carbocycles. The maximum absolute atomic E-state index is 12.2. The van der Waals surface area contributed by atoms with Gasteiger partial charge in [-0.25, -0.2) is 9.59 Å². The molecule has 1 N–H and O–H groups in total. The molecule has 1 heterocycles. The number of para-hydroxylation sites is 1. The number of esters is 1. The predicted molar refractivity (Wildman–Crippen MR) is 110 cm³/mol. The fraction of sp³-hybridized carbons (Fsp3) is 0.261. The third kappa shape index (κ3) is 5.10. The molecule has 150 valence electrons. The molecule has 29 heavy (non-hydrogen) atoms. The quantitative estimate of drug-likeness (QED) is 0.374. The van der Waals surface area contributed by atoms with Gasteiger partial charge in [-0.3, -0.25) is 4.79 Å². The fourth-order valence-electron chi connectivity index (χ4n) is 2.84. The molecule has 3 aromatic rings. The van der Waals surface area contributed by atoms with E-state index >= 15 is 0 Å². The number of fused-ring (bicyclic) bond motifs is 1. The van der Waals surface area contributed by atoms with Gasteiger partial charge in [0, 0.05) is 11.9 Å². The Morgan fingerprint density at radius 1 is 1.07 bits per heavy atom. The topological polar surface area (TPSA) is 85.6 Å². The van der Waals surface area contributed by atoms with Gasteiger partial charge in [-0.15, -0.1) is 0 Å². The Morgan fingerprint density at radius 3 is 2.52 bits per heavy atom. The lowest BCUT2D eigenvalue weighted by Gasteiger charge is -2.08. The Kier molecular flexibility index (Phi) is 6.44. The lowest BCUT2D eigenvalue weighted by Crippen LogP contribution is -2.29. The van der Waals surface area contributed by atoms with Crippen molar-refractivity contribution >= 4 is 22.8 Å². The summed E-state index contributed by atoms with van der Waals surface area (Å²) in [6.45, 7) is 4.61. The third-order valence-corrected chi connectivity index (χ3v) is 4.54. The van der Waals surface area contributed by atoms with E-state index in [1.807, 2.05) is 12.1 Å².